The van der Waals surface area contributed by atoms with Crippen molar-refractivity contribution in [1.82, 2.24) is 0 Å². The van der Waals surface area contributed by atoms with Crippen molar-refractivity contribution >= 4 is 35.5 Å². The van der Waals surface area contributed by atoms with E-state index in [-0.39, 0.29) is 12.2 Å². The minimum absolute atomic E-state index is 0.0304. The number of carbonyl (C=O) groups is 2. The van der Waals surface area contributed by atoms with Crippen LogP contribution >= 0.6 is 23.5 Å². The molecule has 1 radical (unpaired) electrons. The second-order valence-electron chi connectivity index (χ2n) is 4.64. The summed E-state index contributed by atoms with van der Waals surface area (Å²) in [5, 5.41) is 17.4. The molecule has 0 fully saturated rings. The van der Waals surface area contributed by atoms with E-state index in [1.54, 1.807) is 6.07 Å². The predicted molar refractivity (Wildman–Crippen MR) is 92.1 cm³/mol. The fourth-order valence-corrected chi connectivity index (χ4v) is 3.33. The minimum atomic E-state index is -0.841. The van der Waals surface area contributed by atoms with Gasteiger partial charge in [-0.25, -0.2) is 0 Å². The van der Waals surface area contributed by atoms with Crippen LogP contribution < -0.4 is 0 Å². The molecule has 2 rings (SSSR count). The average molecular weight is 347 g/mol. The van der Waals surface area contributed by atoms with Crippen LogP contribution in [-0.4, -0.2) is 33.7 Å². The van der Waals surface area contributed by atoms with Crippen molar-refractivity contribution in [2.24, 2.45) is 0 Å². The zero-order valence-corrected chi connectivity index (χ0v) is 13.8. The summed E-state index contributed by atoms with van der Waals surface area (Å²) in [7, 11) is 0. The van der Waals surface area contributed by atoms with Crippen LogP contribution in [0.5, 0.6) is 0 Å². The molecular formula is C17H15O4S2. The van der Waals surface area contributed by atoms with Gasteiger partial charge < -0.3 is 10.2 Å². The summed E-state index contributed by atoms with van der Waals surface area (Å²) in [4.78, 5) is 23.0. The van der Waals surface area contributed by atoms with Gasteiger partial charge in [-0.05, 0) is 41.5 Å². The van der Waals surface area contributed by atoms with Gasteiger partial charge in [-0.1, -0.05) is 18.2 Å². The second kappa shape index (κ2) is 8.64. The third-order valence-electron chi connectivity index (χ3n) is 2.89. The van der Waals surface area contributed by atoms with Crippen molar-refractivity contribution in [2.75, 3.05) is 11.5 Å². The molecule has 2 aromatic rings. The first kappa shape index (κ1) is 17.4. The smallest absolute Gasteiger partial charge is 0.313 e. The Bertz CT molecular complexity index is 683. The Kier molecular flexibility index (Phi) is 6.55. The maximum absolute atomic E-state index is 10.6. The third kappa shape index (κ3) is 6.00. The molecule has 0 saturated heterocycles. The van der Waals surface area contributed by atoms with Crippen LogP contribution in [0.1, 0.15) is 6.42 Å². The van der Waals surface area contributed by atoms with Gasteiger partial charge in [-0.3, -0.25) is 9.59 Å². The normalized spacial score (nSPS) is 10.4. The van der Waals surface area contributed by atoms with Gasteiger partial charge in [0.05, 0.1) is 12.2 Å². The highest BCUT2D eigenvalue weighted by Gasteiger charge is 2.04. The van der Waals surface area contributed by atoms with E-state index < -0.39 is 11.9 Å². The van der Waals surface area contributed by atoms with Gasteiger partial charge in [0, 0.05) is 15.5 Å². The molecular weight excluding hydrogens is 332 g/mol. The Labute approximate surface area is 142 Å². The molecule has 119 valence electrons. The number of thioether (sulfide) groups is 2. The highest BCUT2D eigenvalue weighted by atomic mass is 32.2. The summed E-state index contributed by atoms with van der Waals surface area (Å²) in [5.74, 6) is -1.06. The molecule has 0 bridgehead atoms. The Hall–Kier alpha value is -1.92. The lowest BCUT2D eigenvalue weighted by Gasteiger charge is -2.06. The Balaban J connectivity index is 2.02. The van der Waals surface area contributed by atoms with Gasteiger partial charge in [-0.15, -0.1) is 23.5 Å². The third-order valence-corrected chi connectivity index (χ3v) is 4.88. The summed E-state index contributed by atoms with van der Waals surface area (Å²) in [6, 6.07) is 16.5. The van der Waals surface area contributed by atoms with Crippen LogP contribution in [0.2, 0.25) is 0 Å². The molecule has 0 saturated carbocycles. The van der Waals surface area contributed by atoms with Crippen LogP contribution in [0, 0.1) is 6.07 Å². The van der Waals surface area contributed by atoms with Crippen LogP contribution in [0.15, 0.2) is 52.3 Å². The standard InChI is InChI=1S/C17H15O4S2/c18-16(19)8-9-22-14-6-4-12(5-7-14)13-2-1-3-15(10-13)23-11-17(20)21/h1,3-7,10H,8-9,11H2,(H,18,19)(H,20,21). The van der Waals surface area contributed by atoms with Crippen molar-refractivity contribution < 1.29 is 19.8 Å². The zero-order valence-electron chi connectivity index (χ0n) is 12.2. The maximum Gasteiger partial charge on any atom is 0.313 e. The highest BCUT2D eigenvalue weighted by molar-refractivity contribution is 8.00. The van der Waals surface area contributed by atoms with Gasteiger partial charge in [0.2, 0.25) is 0 Å². The van der Waals surface area contributed by atoms with Crippen molar-refractivity contribution in [3.8, 4) is 11.1 Å². The van der Waals surface area contributed by atoms with E-state index in [0.717, 1.165) is 20.9 Å². The lowest BCUT2D eigenvalue weighted by atomic mass is 10.1. The lowest BCUT2D eigenvalue weighted by Crippen LogP contribution is -1.97. The highest BCUT2D eigenvalue weighted by Crippen LogP contribution is 2.27. The van der Waals surface area contributed by atoms with E-state index in [2.05, 4.69) is 6.07 Å². The minimum Gasteiger partial charge on any atom is -0.481 e. The number of hydrogen-bond donors (Lipinski definition) is 2. The molecule has 0 aliphatic rings. The van der Waals surface area contributed by atoms with Gasteiger partial charge in [-0.2, -0.15) is 0 Å². The largest absolute Gasteiger partial charge is 0.481 e. The Morgan fingerprint density at radius 3 is 2.35 bits per heavy atom. The summed E-state index contributed by atoms with van der Waals surface area (Å²) in [6.45, 7) is 0. The average Bonchev–Trinajstić information content (AvgIpc) is 2.53. The first-order chi connectivity index (χ1) is 11.0. The number of rotatable bonds is 8. The number of benzene rings is 2. The van der Waals surface area contributed by atoms with E-state index >= 15 is 0 Å². The van der Waals surface area contributed by atoms with E-state index in [0.29, 0.717) is 5.75 Å². The second-order valence-corrected chi connectivity index (χ2v) is 6.85. The van der Waals surface area contributed by atoms with Gasteiger partial charge in [0.25, 0.3) is 0 Å². The molecule has 0 unspecified atom stereocenters. The topological polar surface area (TPSA) is 74.6 Å². The van der Waals surface area contributed by atoms with Crippen molar-refractivity contribution in [2.45, 2.75) is 16.2 Å². The summed E-state index contributed by atoms with van der Waals surface area (Å²) < 4.78 is 0. The molecule has 0 amide bonds. The molecule has 0 aromatic heterocycles. The van der Waals surface area contributed by atoms with Gasteiger partial charge in [0.1, 0.15) is 0 Å². The van der Waals surface area contributed by atoms with Crippen LogP contribution in [0.25, 0.3) is 11.1 Å². The fraction of sp³-hybridized carbons (Fsp3) is 0.176. The molecule has 2 aromatic carbocycles. The number of hydrogen-bond acceptors (Lipinski definition) is 4. The van der Waals surface area contributed by atoms with Crippen LogP contribution in [-0.2, 0) is 9.59 Å². The summed E-state index contributed by atoms with van der Waals surface area (Å²) >= 11 is 2.78. The molecule has 23 heavy (non-hydrogen) atoms. The van der Waals surface area contributed by atoms with Crippen LogP contribution in [0.4, 0.5) is 0 Å². The van der Waals surface area contributed by atoms with E-state index in [1.807, 2.05) is 36.4 Å². The molecule has 0 heterocycles. The van der Waals surface area contributed by atoms with E-state index in [9.17, 15) is 9.59 Å². The summed E-state index contributed by atoms with van der Waals surface area (Å²) in [6.07, 6.45) is 0.142. The number of carboxylic acid groups (broad SMARTS) is 2. The first-order valence-corrected chi connectivity index (χ1v) is 8.83. The van der Waals surface area contributed by atoms with Crippen molar-refractivity contribution in [1.29, 1.82) is 0 Å². The SMILES string of the molecule is O=C(O)CCSc1ccc(-c2[c]ccc(SCC(=O)O)c2)cc1. The quantitative estimate of drug-likeness (QED) is 0.706. The molecule has 0 atom stereocenters. The van der Waals surface area contributed by atoms with E-state index in [1.165, 1.54) is 23.5 Å². The zero-order chi connectivity index (χ0) is 16.7. The van der Waals surface area contributed by atoms with Crippen LogP contribution in [0.3, 0.4) is 0 Å². The molecule has 0 spiro atoms. The summed E-state index contributed by atoms with van der Waals surface area (Å²) in [5.41, 5.74) is 1.90. The molecule has 0 aliphatic carbocycles. The molecule has 4 nitrogen and oxygen atoms in total. The Morgan fingerprint density at radius 2 is 1.70 bits per heavy atom. The van der Waals surface area contributed by atoms with E-state index in [4.69, 9.17) is 10.2 Å². The molecule has 2 N–H and O–H groups in total. The Morgan fingerprint density at radius 1 is 0.957 bits per heavy atom. The van der Waals surface area contributed by atoms with Crippen molar-refractivity contribution in [3.05, 3.63) is 48.5 Å². The number of aliphatic carboxylic acids is 2. The first-order valence-electron chi connectivity index (χ1n) is 6.86. The monoisotopic (exact) mass is 347 g/mol. The fourth-order valence-electron chi connectivity index (χ4n) is 1.83. The van der Waals surface area contributed by atoms with Crippen molar-refractivity contribution in [3.63, 3.8) is 0 Å². The van der Waals surface area contributed by atoms with Gasteiger partial charge >= 0.3 is 11.9 Å². The number of carboxylic acids is 2. The predicted octanol–water partition coefficient (Wildman–Crippen LogP) is 3.90. The molecule has 6 heteroatoms. The molecule has 0 aliphatic heterocycles. The lowest BCUT2D eigenvalue weighted by molar-refractivity contribution is -0.136. The maximum atomic E-state index is 10.6. The van der Waals surface area contributed by atoms with Gasteiger partial charge in [0.15, 0.2) is 0 Å².